The van der Waals surface area contributed by atoms with Gasteiger partial charge in [-0.3, -0.25) is 4.79 Å². The largest absolute Gasteiger partial charge is 0.391 e. The number of amides is 1. The number of hydrogen-bond acceptors (Lipinski definition) is 4. The Labute approximate surface area is 101 Å². The first-order chi connectivity index (χ1) is 7.86. The molecule has 1 amide bonds. The molecule has 96 valence electrons. The van der Waals surface area contributed by atoms with E-state index in [9.17, 15) is 9.90 Å². The second-order valence-corrected chi connectivity index (χ2v) is 4.63. The SMILES string of the molecule is CC[C@H](O)Cn1ncnc1C(C)(C)NC(C)=O. The van der Waals surface area contributed by atoms with Crippen LogP contribution < -0.4 is 5.32 Å². The average molecular weight is 240 g/mol. The minimum atomic E-state index is -0.601. The molecule has 0 aliphatic rings. The molecule has 1 atom stereocenters. The zero-order valence-corrected chi connectivity index (χ0v) is 10.8. The summed E-state index contributed by atoms with van der Waals surface area (Å²) in [6.07, 6.45) is 1.63. The van der Waals surface area contributed by atoms with Gasteiger partial charge in [0.15, 0.2) is 5.82 Å². The van der Waals surface area contributed by atoms with Crippen LogP contribution in [0.5, 0.6) is 0 Å². The molecule has 0 aliphatic carbocycles. The third kappa shape index (κ3) is 3.52. The highest BCUT2D eigenvalue weighted by atomic mass is 16.3. The first-order valence-corrected chi connectivity index (χ1v) is 5.72. The van der Waals surface area contributed by atoms with E-state index in [0.717, 1.165) is 0 Å². The molecule has 6 heteroatoms. The van der Waals surface area contributed by atoms with Crippen LogP contribution in [0.15, 0.2) is 6.33 Å². The van der Waals surface area contributed by atoms with Crippen molar-refractivity contribution in [1.82, 2.24) is 20.1 Å². The zero-order chi connectivity index (χ0) is 13.1. The van der Waals surface area contributed by atoms with Crippen molar-refractivity contribution in [3.63, 3.8) is 0 Å². The van der Waals surface area contributed by atoms with E-state index in [-0.39, 0.29) is 5.91 Å². The van der Waals surface area contributed by atoms with Crippen LogP contribution in [0.2, 0.25) is 0 Å². The summed E-state index contributed by atoms with van der Waals surface area (Å²) < 4.78 is 1.63. The minimum Gasteiger partial charge on any atom is -0.391 e. The van der Waals surface area contributed by atoms with Crippen LogP contribution in [0.1, 0.15) is 39.9 Å². The van der Waals surface area contributed by atoms with Crippen molar-refractivity contribution >= 4 is 5.91 Å². The third-order valence-electron chi connectivity index (χ3n) is 2.52. The van der Waals surface area contributed by atoms with E-state index in [1.807, 2.05) is 20.8 Å². The average Bonchev–Trinajstić information content (AvgIpc) is 2.64. The second kappa shape index (κ2) is 5.27. The van der Waals surface area contributed by atoms with Gasteiger partial charge in [0.2, 0.25) is 5.91 Å². The van der Waals surface area contributed by atoms with Gasteiger partial charge in [-0.25, -0.2) is 9.67 Å². The molecule has 0 unspecified atom stereocenters. The number of aliphatic hydroxyl groups excluding tert-OH is 1. The van der Waals surface area contributed by atoms with Crippen molar-refractivity contribution in [3.05, 3.63) is 12.2 Å². The van der Waals surface area contributed by atoms with Gasteiger partial charge in [-0.05, 0) is 20.3 Å². The van der Waals surface area contributed by atoms with E-state index in [2.05, 4.69) is 15.4 Å². The number of carbonyl (C=O) groups is 1. The summed E-state index contributed by atoms with van der Waals surface area (Å²) in [6, 6.07) is 0. The third-order valence-corrected chi connectivity index (χ3v) is 2.52. The molecule has 1 rings (SSSR count). The van der Waals surface area contributed by atoms with Crippen LogP contribution in [0.25, 0.3) is 0 Å². The van der Waals surface area contributed by atoms with Gasteiger partial charge >= 0.3 is 0 Å². The summed E-state index contributed by atoms with van der Waals surface area (Å²) in [7, 11) is 0. The Morgan fingerprint density at radius 2 is 2.29 bits per heavy atom. The Bertz CT molecular complexity index is 387. The topological polar surface area (TPSA) is 80.0 Å². The van der Waals surface area contributed by atoms with Gasteiger partial charge in [-0.15, -0.1) is 0 Å². The number of aliphatic hydroxyl groups is 1. The van der Waals surface area contributed by atoms with Gasteiger partial charge in [0.1, 0.15) is 6.33 Å². The van der Waals surface area contributed by atoms with E-state index < -0.39 is 11.6 Å². The molecule has 0 spiro atoms. The van der Waals surface area contributed by atoms with Crippen molar-refractivity contribution in [2.45, 2.75) is 52.3 Å². The fraction of sp³-hybridized carbons (Fsp3) is 0.727. The summed E-state index contributed by atoms with van der Waals surface area (Å²) in [5, 5.41) is 16.5. The molecule has 0 bridgehead atoms. The van der Waals surface area contributed by atoms with Crippen LogP contribution in [0.3, 0.4) is 0 Å². The highest BCUT2D eigenvalue weighted by molar-refractivity contribution is 5.73. The maximum Gasteiger partial charge on any atom is 0.217 e. The number of rotatable bonds is 5. The van der Waals surface area contributed by atoms with E-state index >= 15 is 0 Å². The second-order valence-electron chi connectivity index (χ2n) is 4.63. The fourth-order valence-electron chi connectivity index (χ4n) is 1.71. The lowest BCUT2D eigenvalue weighted by Crippen LogP contribution is -2.42. The van der Waals surface area contributed by atoms with Gasteiger partial charge in [0, 0.05) is 6.92 Å². The first-order valence-electron chi connectivity index (χ1n) is 5.72. The molecular formula is C11H20N4O2. The molecule has 0 aliphatic heterocycles. The molecule has 0 fully saturated rings. The summed E-state index contributed by atoms with van der Waals surface area (Å²) in [4.78, 5) is 15.3. The Morgan fingerprint density at radius 1 is 1.65 bits per heavy atom. The highest BCUT2D eigenvalue weighted by Gasteiger charge is 2.27. The van der Waals surface area contributed by atoms with Gasteiger partial charge in [0.05, 0.1) is 18.2 Å². The standard InChI is InChI=1S/C11H20N4O2/c1-5-9(17)6-15-10(12-7-13-15)11(3,4)14-8(2)16/h7,9,17H,5-6H2,1-4H3,(H,14,16)/t9-/m0/s1. The predicted molar refractivity (Wildman–Crippen MR) is 63.2 cm³/mol. The van der Waals surface area contributed by atoms with Crippen molar-refractivity contribution in [1.29, 1.82) is 0 Å². The van der Waals surface area contributed by atoms with Gasteiger partial charge in [-0.2, -0.15) is 5.10 Å². The van der Waals surface area contributed by atoms with Crippen LogP contribution >= 0.6 is 0 Å². The van der Waals surface area contributed by atoms with Crippen LogP contribution in [0, 0.1) is 0 Å². The van der Waals surface area contributed by atoms with Gasteiger partial charge < -0.3 is 10.4 Å². The number of carbonyl (C=O) groups excluding carboxylic acids is 1. The normalized spacial score (nSPS) is 13.5. The van der Waals surface area contributed by atoms with E-state index in [1.54, 1.807) is 4.68 Å². The zero-order valence-electron chi connectivity index (χ0n) is 10.8. The van der Waals surface area contributed by atoms with Crippen molar-refractivity contribution in [3.8, 4) is 0 Å². The lowest BCUT2D eigenvalue weighted by molar-refractivity contribution is -0.120. The highest BCUT2D eigenvalue weighted by Crippen LogP contribution is 2.17. The van der Waals surface area contributed by atoms with Crippen LogP contribution in [-0.2, 0) is 16.9 Å². The molecule has 1 aromatic rings. The number of nitrogens with one attached hydrogen (secondary N) is 1. The molecule has 17 heavy (non-hydrogen) atoms. The summed E-state index contributed by atoms with van der Waals surface area (Å²) in [5.41, 5.74) is -0.601. The van der Waals surface area contributed by atoms with E-state index in [1.165, 1.54) is 13.3 Å². The number of aromatic nitrogens is 3. The summed E-state index contributed by atoms with van der Waals surface area (Å²) in [6.45, 7) is 7.46. The molecule has 0 saturated heterocycles. The molecule has 0 radical (unpaired) electrons. The van der Waals surface area contributed by atoms with Crippen LogP contribution in [0.4, 0.5) is 0 Å². The molecule has 0 aromatic carbocycles. The Hall–Kier alpha value is -1.43. The maximum absolute atomic E-state index is 11.1. The summed E-state index contributed by atoms with van der Waals surface area (Å²) in [5.74, 6) is 0.515. The van der Waals surface area contributed by atoms with Crippen molar-refractivity contribution in [2.75, 3.05) is 0 Å². The number of nitrogens with zero attached hydrogens (tertiary/aromatic N) is 3. The van der Waals surface area contributed by atoms with Gasteiger partial charge in [-0.1, -0.05) is 6.92 Å². The molecule has 6 nitrogen and oxygen atoms in total. The molecular weight excluding hydrogens is 220 g/mol. The predicted octanol–water partition coefficient (Wildman–Crippen LogP) is 0.420. The summed E-state index contributed by atoms with van der Waals surface area (Å²) >= 11 is 0. The van der Waals surface area contributed by atoms with Crippen LogP contribution in [-0.4, -0.2) is 31.9 Å². The fourth-order valence-corrected chi connectivity index (χ4v) is 1.71. The quantitative estimate of drug-likeness (QED) is 0.781. The smallest absolute Gasteiger partial charge is 0.217 e. The minimum absolute atomic E-state index is 0.124. The number of hydrogen-bond donors (Lipinski definition) is 2. The molecule has 2 N–H and O–H groups in total. The van der Waals surface area contributed by atoms with E-state index in [4.69, 9.17) is 0 Å². The first kappa shape index (κ1) is 13.6. The molecule has 1 aromatic heterocycles. The maximum atomic E-state index is 11.1. The van der Waals surface area contributed by atoms with Gasteiger partial charge in [0.25, 0.3) is 0 Å². The van der Waals surface area contributed by atoms with Crippen molar-refractivity contribution in [2.24, 2.45) is 0 Å². The lowest BCUT2D eigenvalue weighted by atomic mass is 10.0. The molecule has 0 saturated carbocycles. The Morgan fingerprint density at radius 3 is 2.82 bits per heavy atom. The Kier molecular flexibility index (Phi) is 4.22. The lowest BCUT2D eigenvalue weighted by Gasteiger charge is -2.25. The van der Waals surface area contributed by atoms with Crippen molar-refractivity contribution < 1.29 is 9.90 Å². The monoisotopic (exact) mass is 240 g/mol. The van der Waals surface area contributed by atoms with E-state index in [0.29, 0.717) is 18.8 Å². The molecule has 1 heterocycles. The Balaban J connectivity index is 2.90.